The second kappa shape index (κ2) is 3.48. The summed E-state index contributed by atoms with van der Waals surface area (Å²) in [4.78, 5) is 13.1. The Balaban J connectivity index is 2.65. The zero-order valence-corrected chi connectivity index (χ0v) is 9.84. The topological polar surface area (TPSA) is 40.5 Å². The van der Waals surface area contributed by atoms with Crippen LogP contribution in [0.3, 0.4) is 0 Å². The maximum Gasteiger partial charge on any atom is 0.407 e. The molecule has 1 saturated carbocycles. The van der Waals surface area contributed by atoms with Gasteiger partial charge in [-0.3, -0.25) is 0 Å². The fourth-order valence-electron chi connectivity index (χ4n) is 1.72. The molecule has 0 radical (unpaired) electrons. The van der Waals surface area contributed by atoms with Gasteiger partial charge < -0.3 is 10.0 Å². The highest BCUT2D eigenvalue weighted by Crippen LogP contribution is 2.35. The minimum absolute atomic E-state index is 0.196. The van der Waals surface area contributed by atoms with Crippen molar-refractivity contribution in [2.45, 2.75) is 50.0 Å². The van der Waals surface area contributed by atoms with Crippen LogP contribution in [0.4, 0.5) is 4.79 Å². The minimum atomic E-state index is -0.808. The van der Waals surface area contributed by atoms with E-state index in [0.717, 1.165) is 12.8 Å². The first kappa shape index (κ1) is 10.8. The van der Waals surface area contributed by atoms with Crippen molar-refractivity contribution in [1.82, 2.24) is 4.90 Å². The van der Waals surface area contributed by atoms with E-state index in [4.69, 9.17) is 5.11 Å². The number of rotatable bonds is 1. The molecule has 13 heavy (non-hydrogen) atoms. The van der Waals surface area contributed by atoms with Gasteiger partial charge in [0.05, 0.1) is 0 Å². The molecule has 1 rings (SSSR count). The molecular weight excluding hydrogens is 234 g/mol. The van der Waals surface area contributed by atoms with Gasteiger partial charge in [-0.05, 0) is 33.6 Å². The zero-order chi connectivity index (χ0) is 10.2. The van der Waals surface area contributed by atoms with Crippen LogP contribution in [-0.2, 0) is 0 Å². The smallest absolute Gasteiger partial charge is 0.407 e. The van der Waals surface area contributed by atoms with E-state index in [9.17, 15) is 4.79 Å². The van der Waals surface area contributed by atoms with E-state index in [1.807, 2.05) is 20.8 Å². The number of carboxylic acid groups (broad SMARTS) is 1. The average molecular weight is 250 g/mol. The van der Waals surface area contributed by atoms with Crippen molar-refractivity contribution in [3.63, 3.8) is 0 Å². The fraction of sp³-hybridized carbons (Fsp3) is 0.889. The van der Waals surface area contributed by atoms with Crippen molar-refractivity contribution in [1.29, 1.82) is 0 Å². The zero-order valence-electron chi connectivity index (χ0n) is 8.25. The van der Waals surface area contributed by atoms with Crippen LogP contribution in [-0.4, -0.2) is 32.5 Å². The molecule has 1 amide bonds. The summed E-state index contributed by atoms with van der Waals surface area (Å²) >= 11 is 3.47. The second-order valence-electron chi connectivity index (χ2n) is 4.55. The molecular formula is C9H16BrNO2. The van der Waals surface area contributed by atoms with Gasteiger partial charge in [0.1, 0.15) is 0 Å². The number of hydrogen-bond donors (Lipinski definition) is 1. The predicted molar refractivity (Wildman–Crippen MR) is 55.4 cm³/mol. The van der Waals surface area contributed by atoms with Crippen LogP contribution >= 0.6 is 15.9 Å². The third kappa shape index (κ3) is 2.36. The van der Waals surface area contributed by atoms with Crippen molar-refractivity contribution in [3.8, 4) is 0 Å². The van der Waals surface area contributed by atoms with Crippen molar-refractivity contribution in [2.75, 3.05) is 0 Å². The molecule has 0 aliphatic heterocycles. The lowest BCUT2D eigenvalue weighted by atomic mass is 9.88. The van der Waals surface area contributed by atoms with Crippen LogP contribution in [0.15, 0.2) is 0 Å². The highest BCUT2D eigenvalue weighted by atomic mass is 79.9. The molecule has 0 spiro atoms. The number of halogens is 1. The lowest BCUT2D eigenvalue weighted by Crippen LogP contribution is -2.56. The van der Waals surface area contributed by atoms with E-state index < -0.39 is 6.09 Å². The standard InChI is InChI=1S/C9H16BrNO2/c1-9(2,3)11(8(12)13)7-4-6(10)5-7/h6-7H,4-5H2,1-3H3,(H,12,13)/t6-,7+. The predicted octanol–water partition coefficient (Wildman–Crippen LogP) is 2.69. The minimum Gasteiger partial charge on any atom is -0.465 e. The summed E-state index contributed by atoms with van der Waals surface area (Å²) in [5, 5.41) is 9.04. The van der Waals surface area contributed by atoms with Crippen LogP contribution in [0, 0.1) is 0 Å². The van der Waals surface area contributed by atoms with Gasteiger partial charge in [-0.25, -0.2) is 4.79 Å². The molecule has 0 aromatic heterocycles. The largest absolute Gasteiger partial charge is 0.465 e. The Hall–Kier alpha value is -0.250. The highest BCUT2D eigenvalue weighted by Gasteiger charge is 2.40. The molecule has 0 saturated heterocycles. The highest BCUT2D eigenvalue weighted by molar-refractivity contribution is 9.09. The Morgan fingerprint density at radius 2 is 1.92 bits per heavy atom. The van der Waals surface area contributed by atoms with E-state index in [1.54, 1.807) is 4.90 Å². The number of amides is 1. The van der Waals surface area contributed by atoms with Crippen molar-refractivity contribution in [3.05, 3.63) is 0 Å². The van der Waals surface area contributed by atoms with Gasteiger partial charge in [0.2, 0.25) is 0 Å². The lowest BCUT2D eigenvalue weighted by molar-refractivity contribution is 0.0454. The molecule has 1 fully saturated rings. The second-order valence-corrected chi connectivity index (χ2v) is 5.84. The van der Waals surface area contributed by atoms with Gasteiger partial charge in [0.15, 0.2) is 0 Å². The van der Waals surface area contributed by atoms with E-state index >= 15 is 0 Å². The van der Waals surface area contributed by atoms with Crippen molar-refractivity contribution >= 4 is 22.0 Å². The lowest BCUT2D eigenvalue weighted by Gasteiger charge is -2.45. The summed E-state index contributed by atoms with van der Waals surface area (Å²) in [6, 6.07) is 0.196. The van der Waals surface area contributed by atoms with E-state index in [-0.39, 0.29) is 11.6 Å². The van der Waals surface area contributed by atoms with Gasteiger partial charge in [-0.15, -0.1) is 0 Å². The van der Waals surface area contributed by atoms with Gasteiger partial charge in [0.25, 0.3) is 0 Å². The van der Waals surface area contributed by atoms with Gasteiger partial charge in [0, 0.05) is 16.4 Å². The first-order valence-electron chi connectivity index (χ1n) is 4.48. The Morgan fingerprint density at radius 3 is 2.15 bits per heavy atom. The number of hydrogen-bond acceptors (Lipinski definition) is 1. The molecule has 76 valence electrons. The third-order valence-electron chi connectivity index (χ3n) is 2.35. The van der Waals surface area contributed by atoms with Crippen LogP contribution in [0.1, 0.15) is 33.6 Å². The van der Waals surface area contributed by atoms with Gasteiger partial charge in [-0.2, -0.15) is 0 Å². The molecule has 0 bridgehead atoms. The molecule has 0 heterocycles. The van der Waals surface area contributed by atoms with Gasteiger partial charge >= 0.3 is 6.09 Å². The summed E-state index contributed by atoms with van der Waals surface area (Å²) < 4.78 is 0. The van der Waals surface area contributed by atoms with Crippen LogP contribution in [0.2, 0.25) is 0 Å². The summed E-state index contributed by atoms with van der Waals surface area (Å²) in [6.45, 7) is 5.80. The molecule has 0 aromatic rings. The average Bonchev–Trinajstić information content (AvgIpc) is 1.79. The first-order chi connectivity index (χ1) is 5.82. The monoisotopic (exact) mass is 249 g/mol. The van der Waals surface area contributed by atoms with E-state index in [2.05, 4.69) is 15.9 Å². The van der Waals surface area contributed by atoms with E-state index in [0.29, 0.717) is 4.83 Å². The van der Waals surface area contributed by atoms with E-state index in [1.165, 1.54) is 0 Å². The molecule has 1 aliphatic carbocycles. The Bertz CT molecular complexity index is 206. The molecule has 3 nitrogen and oxygen atoms in total. The van der Waals surface area contributed by atoms with Crippen LogP contribution in [0.25, 0.3) is 0 Å². The maximum absolute atomic E-state index is 11.0. The molecule has 0 unspecified atom stereocenters. The van der Waals surface area contributed by atoms with Crippen molar-refractivity contribution in [2.24, 2.45) is 0 Å². The Labute approximate surface area is 87.2 Å². The molecule has 0 aromatic carbocycles. The Morgan fingerprint density at radius 1 is 1.46 bits per heavy atom. The SMILES string of the molecule is CC(C)(C)N(C(=O)O)[C@H]1C[C@@H](Br)C1. The third-order valence-corrected chi connectivity index (χ3v) is 3.10. The van der Waals surface area contributed by atoms with Gasteiger partial charge in [-0.1, -0.05) is 15.9 Å². The first-order valence-corrected chi connectivity index (χ1v) is 5.40. The summed E-state index contributed by atoms with van der Waals surface area (Å²) in [5.74, 6) is 0. The quantitative estimate of drug-likeness (QED) is 0.727. The number of nitrogens with zero attached hydrogens (tertiary/aromatic N) is 1. The van der Waals surface area contributed by atoms with Crippen LogP contribution < -0.4 is 0 Å². The number of carbonyl (C=O) groups is 1. The fourth-order valence-corrected chi connectivity index (χ4v) is 2.59. The van der Waals surface area contributed by atoms with Crippen LogP contribution in [0.5, 0.6) is 0 Å². The summed E-state index contributed by atoms with van der Waals surface area (Å²) in [6.07, 6.45) is 1.06. The summed E-state index contributed by atoms with van der Waals surface area (Å²) in [5.41, 5.74) is -0.288. The summed E-state index contributed by atoms with van der Waals surface area (Å²) in [7, 11) is 0. The molecule has 1 aliphatic rings. The van der Waals surface area contributed by atoms with Crippen molar-refractivity contribution < 1.29 is 9.90 Å². The molecule has 0 atom stereocenters. The molecule has 4 heteroatoms. The Kier molecular flexibility index (Phi) is 2.90. The number of alkyl halides is 1. The molecule has 1 N–H and O–H groups in total. The maximum atomic E-state index is 11.0. The normalized spacial score (nSPS) is 28.0.